The monoisotopic (exact) mass is 338 g/mol. The molecule has 0 bridgehead atoms. The van der Waals surface area contributed by atoms with E-state index in [-0.39, 0.29) is 12.1 Å². The summed E-state index contributed by atoms with van der Waals surface area (Å²) >= 11 is 0. The molecule has 1 heterocycles. The normalized spacial score (nSPS) is 23.3. The molecule has 124 valence electrons. The lowest BCUT2D eigenvalue weighted by Crippen LogP contribution is -2.51. The average molecular weight is 338 g/mol. The van der Waals surface area contributed by atoms with Gasteiger partial charge in [0.15, 0.2) is 0 Å². The van der Waals surface area contributed by atoms with Crippen LogP contribution in [0.4, 0.5) is 13.2 Å². The second-order valence-corrected chi connectivity index (χ2v) is 6.79. The Labute approximate surface area is 126 Å². The van der Waals surface area contributed by atoms with Gasteiger partial charge in [-0.25, -0.2) is 13.1 Å². The highest BCUT2D eigenvalue weighted by Gasteiger charge is 2.35. The van der Waals surface area contributed by atoms with E-state index in [1.807, 2.05) is 6.92 Å². The smallest absolute Gasteiger partial charge is 0.404 e. The number of alkyl halides is 3. The maximum atomic E-state index is 12.4. The fourth-order valence-corrected chi connectivity index (χ4v) is 3.83. The highest BCUT2D eigenvalue weighted by molar-refractivity contribution is 7.89. The lowest BCUT2D eigenvalue weighted by Gasteiger charge is -2.30. The molecule has 1 aromatic carbocycles. The Bertz CT molecular complexity index is 619. The van der Waals surface area contributed by atoms with E-state index in [4.69, 9.17) is 0 Å². The zero-order valence-electron chi connectivity index (χ0n) is 11.9. The number of nitrogens with one attached hydrogen (secondary N) is 2. The average Bonchev–Trinajstić information content (AvgIpc) is 2.40. The van der Waals surface area contributed by atoms with Crippen molar-refractivity contribution in [2.24, 2.45) is 0 Å². The zero-order chi connectivity index (χ0) is 16.4. The van der Waals surface area contributed by atoms with Crippen LogP contribution in [-0.2, 0) is 10.0 Å². The van der Waals surface area contributed by atoms with Gasteiger partial charge in [0.25, 0.3) is 0 Å². The second kappa shape index (κ2) is 6.43. The number of ether oxygens (including phenoxy) is 1. The van der Waals surface area contributed by atoms with Crippen LogP contribution in [0, 0.1) is 0 Å². The van der Waals surface area contributed by atoms with Gasteiger partial charge in [0.1, 0.15) is 10.6 Å². The van der Waals surface area contributed by atoms with Gasteiger partial charge in [-0.05, 0) is 38.4 Å². The zero-order valence-corrected chi connectivity index (χ0v) is 12.7. The Hall–Kier alpha value is -1.32. The van der Waals surface area contributed by atoms with Gasteiger partial charge in [-0.15, -0.1) is 13.2 Å². The lowest BCUT2D eigenvalue weighted by atomic mass is 10.0. The maximum absolute atomic E-state index is 12.4. The minimum atomic E-state index is -4.95. The third-order valence-electron chi connectivity index (χ3n) is 3.43. The largest absolute Gasteiger partial charge is 0.573 e. The molecule has 1 aromatic rings. The summed E-state index contributed by atoms with van der Waals surface area (Å²) in [5.41, 5.74) is 0. The van der Waals surface area contributed by atoms with E-state index < -0.39 is 27.0 Å². The third-order valence-corrected chi connectivity index (χ3v) is 4.96. The summed E-state index contributed by atoms with van der Waals surface area (Å²) in [6.45, 7) is 2.61. The molecule has 0 aliphatic carbocycles. The van der Waals surface area contributed by atoms with E-state index in [1.165, 1.54) is 12.1 Å². The molecule has 0 spiro atoms. The van der Waals surface area contributed by atoms with Gasteiger partial charge in [0.05, 0.1) is 0 Å². The number of benzene rings is 1. The van der Waals surface area contributed by atoms with E-state index in [9.17, 15) is 21.6 Å². The van der Waals surface area contributed by atoms with Gasteiger partial charge in [-0.1, -0.05) is 12.1 Å². The van der Waals surface area contributed by atoms with Gasteiger partial charge < -0.3 is 10.1 Å². The molecule has 2 rings (SSSR count). The van der Waals surface area contributed by atoms with Crippen LogP contribution < -0.4 is 14.8 Å². The molecule has 0 radical (unpaired) electrons. The van der Waals surface area contributed by atoms with Crippen LogP contribution >= 0.6 is 0 Å². The minimum absolute atomic E-state index is 0.0979. The van der Waals surface area contributed by atoms with Gasteiger partial charge in [0.2, 0.25) is 10.0 Å². The van der Waals surface area contributed by atoms with Crippen molar-refractivity contribution in [1.82, 2.24) is 10.0 Å². The summed E-state index contributed by atoms with van der Waals surface area (Å²) in [6.07, 6.45) is -3.54. The van der Waals surface area contributed by atoms with E-state index in [1.54, 1.807) is 0 Å². The van der Waals surface area contributed by atoms with Crippen LogP contribution in [0.2, 0.25) is 0 Å². The van der Waals surface area contributed by atoms with E-state index >= 15 is 0 Å². The first-order chi connectivity index (χ1) is 10.2. The number of rotatable bonds is 4. The Balaban J connectivity index is 2.25. The van der Waals surface area contributed by atoms with Crippen LogP contribution in [0.15, 0.2) is 29.2 Å². The molecule has 22 heavy (non-hydrogen) atoms. The van der Waals surface area contributed by atoms with E-state index in [2.05, 4.69) is 14.8 Å². The Morgan fingerprint density at radius 2 is 2.00 bits per heavy atom. The van der Waals surface area contributed by atoms with Gasteiger partial charge in [-0.2, -0.15) is 0 Å². The van der Waals surface area contributed by atoms with Crippen molar-refractivity contribution in [3.05, 3.63) is 24.3 Å². The quantitative estimate of drug-likeness (QED) is 0.881. The van der Waals surface area contributed by atoms with Gasteiger partial charge in [-0.3, -0.25) is 0 Å². The number of hydrogen-bond acceptors (Lipinski definition) is 4. The molecule has 0 amide bonds. The number of sulfonamides is 1. The van der Waals surface area contributed by atoms with Crippen LogP contribution in [0.5, 0.6) is 5.75 Å². The second-order valence-electron chi connectivity index (χ2n) is 5.11. The van der Waals surface area contributed by atoms with Gasteiger partial charge >= 0.3 is 6.36 Å². The summed E-state index contributed by atoms with van der Waals surface area (Å²) in [6, 6.07) is 4.22. The van der Waals surface area contributed by atoms with Crippen molar-refractivity contribution in [3.63, 3.8) is 0 Å². The number of hydrogen-bond donors (Lipinski definition) is 2. The molecule has 0 saturated carbocycles. The first-order valence-electron chi connectivity index (χ1n) is 6.79. The fraction of sp³-hybridized carbons (Fsp3) is 0.538. The number of halogens is 3. The summed E-state index contributed by atoms with van der Waals surface area (Å²) < 4.78 is 68.1. The SMILES string of the molecule is CC1NCCCC1NS(=O)(=O)c1ccccc1OC(F)(F)F. The van der Waals surface area contributed by atoms with Crippen molar-refractivity contribution in [1.29, 1.82) is 0 Å². The number of para-hydroxylation sites is 1. The van der Waals surface area contributed by atoms with Crippen LogP contribution in [-0.4, -0.2) is 33.4 Å². The van der Waals surface area contributed by atoms with Crippen molar-refractivity contribution in [3.8, 4) is 5.75 Å². The van der Waals surface area contributed by atoms with Crippen LogP contribution in [0.1, 0.15) is 19.8 Å². The van der Waals surface area contributed by atoms with Gasteiger partial charge in [0, 0.05) is 12.1 Å². The molecule has 9 heteroatoms. The molecule has 1 saturated heterocycles. The summed E-state index contributed by atoms with van der Waals surface area (Å²) in [4.78, 5) is -0.523. The molecule has 0 aromatic heterocycles. The topological polar surface area (TPSA) is 67.4 Å². The Kier molecular flexibility index (Phi) is 4.98. The van der Waals surface area contributed by atoms with Crippen LogP contribution in [0.25, 0.3) is 0 Å². The van der Waals surface area contributed by atoms with Crippen molar-refractivity contribution in [2.75, 3.05) is 6.54 Å². The molecule has 2 unspecified atom stereocenters. The minimum Gasteiger partial charge on any atom is -0.404 e. The molecule has 1 fully saturated rings. The highest BCUT2D eigenvalue weighted by atomic mass is 32.2. The lowest BCUT2D eigenvalue weighted by molar-refractivity contribution is -0.275. The van der Waals surface area contributed by atoms with Crippen molar-refractivity contribution < 1.29 is 26.3 Å². The predicted octanol–water partition coefficient (Wildman–Crippen LogP) is 2.00. The molecular weight excluding hydrogens is 321 g/mol. The Morgan fingerprint density at radius 3 is 2.64 bits per heavy atom. The molecule has 2 N–H and O–H groups in total. The highest BCUT2D eigenvalue weighted by Crippen LogP contribution is 2.29. The van der Waals surface area contributed by atoms with Crippen molar-refractivity contribution in [2.45, 2.75) is 43.1 Å². The molecule has 1 aliphatic heterocycles. The molecule has 2 atom stereocenters. The van der Waals surface area contributed by atoms with E-state index in [0.717, 1.165) is 25.1 Å². The predicted molar refractivity (Wildman–Crippen MR) is 73.9 cm³/mol. The first-order valence-corrected chi connectivity index (χ1v) is 8.28. The number of piperidine rings is 1. The summed E-state index contributed by atoms with van der Waals surface area (Å²) in [7, 11) is -4.11. The summed E-state index contributed by atoms with van der Waals surface area (Å²) in [5, 5.41) is 3.12. The first kappa shape index (κ1) is 17.0. The fourth-order valence-electron chi connectivity index (χ4n) is 2.35. The summed E-state index contributed by atoms with van der Waals surface area (Å²) in [5.74, 6) is -0.737. The Morgan fingerprint density at radius 1 is 1.32 bits per heavy atom. The molecular formula is C13H17F3N2O3S. The van der Waals surface area contributed by atoms with E-state index in [0.29, 0.717) is 6.42 Å². The van der Waals surface area contributed by atoms with Crippen molar-refractivity contribution >= 4 is 10.0 Å². The third kappa shape index (κ3) is 4.34. The molecule has 1 aliphatic rings. The van der Waals surface area contributed by atoms with Crippen LogP contribution in [0.3, 0.4) is 0 Å². The standard InChI is InChI=1S/C13H17F3N2O3S/c1-9-10(5-4-8-17-9)18-22(19,20)12-7-3-2-6-11(12)21-13(14,15)16/h2-3,6-7,9-10,17-18H,4-5,8H2,1H3. The molecule has 5 nitrogen and oxygen atoms in total. The maximum Gasteiger partial charge on any atom is 0.573 e.